The molecule has 21 heavy (non-hydrogen) atoms. The van der Waals surface area contributed by atoms with Crippen LogP contribution in [0.15, 0.2) is 24.3 Å². The van der Waals surface area contributed by atoms with Crippen LogP contribution in [0.5, 0.6) is 0 Å². The fourth-order valence-electron chi connectivity index (χ4n) is 1.66. The van der Waals surface area contributed by atoms with Gasteiger partial charge < -0.3 is 26.3 Å². The lowest BCUT2D eigenvalue weighted by Crippen LogP contribution is -2.95. The molecular formula is C12H17N4O5+. The fourth-order valence-corrected chi connectivity index (χ4v) is 1.66. The highest BCUT2D eigenvalue weighted by Gasteiger charge is 2.18. The number of aliphatic carboxylic acids is 1. The highest BCUT2D eigenvalue weighted by molar-refractivity contribution is 5.93. The molecule has 9 nitrogen and oxygen atoms in total. The molecule has 0 aromatic heterocycles. The number of nitro benzene ring substituents is 1. The molecule has 0 aliphatic carbocycles. The second kappa shape index (κ2) is 7.92. The molecule has 0 saturated heterocycles. The number of nitrogens with two attached hydrogens (primary N) is 1. The highest BCUT2D eigenvalue weighted by atomic mass is 16.6. The summed E-state index contributed by atoms with van der Waals surface area (Å²) in [5.74, 6) is -1.82. The predicted molar refractivity (Wildman–Crippen MR) is 69.7 cm³/mol. The number of nitrogens with zero attached hydrogens (tertiary/aromatic N) is 1. The van der Waals surface area contributed by atoms with Gasteiger partial charge in [0.15, 0.2) is 0 Å². The van der Waals surface area contributed by atoms with Crippen molar-refractivity contribution in [1.82, 2.24) is 0 Å². The molecule has 0 spiro atoms. The van der Waals surface area contributed by atoms with E-state index >= 15 is 0 Å². The number of carboxylic acids is 1. The largest absolute Gasteiger partial charge is 0.544 e. The smallest absolute Gasteiger partial charge is 0.269 e. The van der Waals surface area contributed by atoms with Gasteiger partial charge in [0, 0.05) is 17.8 Å². The number of nitro groups is 1. The SMILES string of the molecule is [NH3+]CC[NH2+][C@@H](CC(=O)Nc1ccc([N+](=O)[O-])cc1)C(=O)[O-]. The van der Waals surface area contributed by atoms with E-state index < -0.39 is 22.8 Å². The van der Waals surface area contributed by atoms with Gasteiger partial charge >= 0.3 is 0 Å². The number of amides is 1. The number of rotatable bonds is 8. The molecule has 1 aromatic carbocycles. The molecular weight excluding hydrogens is 280 g/mol. The maximum absolute atomic E-state index is 11.7. The molecule has 0 aliphatic rings. The summed E-state index contributed by atoms with van der Waals surface area (Å²) in [6.07, 6.45) is -0.251. The minimum absolute atomic E-state index is 0.0932. The van der Waals surface area contributed by atoms with Crippen LogP contribution in [-0.2, 0) is 9.59 Å². The molecule has 0 saturated carbocycles. The number of hydrogen-bond acceptors (Lipinski definition) is 5. The van der Waals surface area contributed by atoms with Gasteiger partial charge in [-0.3, -0.25) is 14.9 Å². The summed E-state index contributed by atoms with van der Waals surface area (Å²) in [4.78, 5) is 32.6. The predicted octanol–water partition coefficient (Wildman–Crippen LogP) is -3.15. The standard InChI is InChI=1S/C12H16N4O5/c13-5-6-14-10(12(18)19)7-11(17)15-8-1-3-9(4-2-8)16(20)21/h1-4,10,14H,5-7,13H2,(H,15,17)(H,18,19)/p+1/t10-/m0/s1. The monoisotopic (exact) mass is 297 g/mol. The van der Waals surface area contributed by atoms with E-state index in [2.05, 4.69) is 11.1 Å². The Balaban J connectivity index is 2.59. The molecule has 0 aliphatic heterocycles. The number of non-ortho nitro benzene ring substituents is 1. The summed E-state index contributed by atoms with van der Waals surface area (Å²) in [5.41, 5.74) is 3.85. The van der Waals surface area contributed by atoms with E-state index in [0.29, 0.717) is 18.8 Å². The topological polar surface area (TPSA) is 157 Å². The van der Waals surface area contributed by atoms with Crippen molar-refractivity contribution >= 4 is 23.3 Å². The van der Waals surface area contributed by atoms with Crippen LogP contribution in [-0.4, -0.2) is 35.9 Å². The molecule has 1 aromatic rings. The molecule has 1 rings (SSSR count). The van der Waals surface area contributed by atoms with Crippen LogP contribution in [0.3, 0.4) is 0 Å². The molecule has 114 valence electrons. The maximum atomic E-state index is 11.7. The van der Waals surface area contributed by atoms with Crippen LogP contribution in [0.2, 0.25) is 0 Å². The normalized spacial score (nSPS) is 11.7. The number of nitrogens with one attached hydrogen (secondary N) is 1. The van der Waals surface area contributed by atoms with E-state index in [1.165, 1.54) is 29.6 Å². The van der Waals surface area contributed by atoms with Crippen molar-refractivity contribution < 1.29 is 30.7 Å². The third-order valence-corrected chi connectivity index (χ3v) is 2.73. The first-order valence-electron chi connectivity index (χ1n) is 6.31. The molecule has 1 atom stereocenters. The minimum Gasteiger partial charge on any atom is -0.544 e. The Morgan fingerprint density at radius 3 is 2.43 bits per heavy atom. The Kier molecular flexibility index (Phi) is 6.24. The zero-order chi connectivity index (χ0) is 15.8. The number of anilines is 1. The van der Waals surface area contributed by atoms with Gasteiger partial charge in [-0.05, 0) is 12.1 Å². The van der Waals surface area contributed by atoms with Crippen LogP contribution < -0.4 is 21.5 Å². The van der Waals surface area contributed by atoms with E-state index in [1.807, 2.05) is 0 Å². The zero-order valence-corrected chi connectivity index (χ0v) is 11.3. The lowest BCUT2D eigenvalue weighted by atomic mass is 10.2. The van der Waals surface area contributed by atoms with Crippen molar-refractivity contribution in [1.29, 1.82) is 0 Å². The first kappa shape index (κ1) is 16.5. The van der Waals surface area contributed by atoms with Crippen LogP contribution in [0, 0.1) is 10.1 Å². The Bertz CT molecular complexity index is 517. The quantitative estimate of drug-likeness (QED) is 0.341. The van der Waals surface area contributed by atoms with Gasteiger partial charge in [0.25, 0.3) is 5.69 Å². The van der Waals surface area contributed by atoms with Gasteiger partial charge in [-0.2, -0.15) is 0 Å². The number of hydrogen-bond donors (Lipinski definition) is 3. The molecule has 0 fully saturated rings. The molecule has 0 radical (unpaired) electrons. The summed E-state index contributed by atoms with van der Waals surface area (Å²) >= 11 is 0. The Labute approximate surface area is 120 Å². The second-order valence-electron chi connectivity index (χ2n) is 4.36. The van der Waals surface area contributed by atoms with Gasteiger partial charge in [-0.15, -0.1) is 0 Å². The van der Waals surface area contributed by atoms with Crippen LogP contribution in [0.25, 0.3) is 0 Å². The Morgan fingerprint density at radius 2 is 1.95 bits per heavy atom. The lowest BCUT2D eigenvalue weighted by molar-refractivity contribution is -0.695. The minimum atomic E-state index is -1.32. The van der Waals surface area contributed by atoms with Crippen LogP contribution in [0.4, 0.5) is 11.4 Å². The van der Waals surface area contributed by atoms with Crippen molar-refractivity contribution in [2.45, 2.75) is 12.5 Å². The average Bonchev–Trinajstić information content (AvgIpc) is 2.43. The van der Waals surface area contributed by atoms with E-state index in [4.69, 9.17) is 0 Å². The van der Waals surface area contributed by atoms with E-state index in [0.717, 1.165) is 0 Å². The Hall–Kier alpha value is -2.52. The van der Waals surface area contributed by atoms with Gasteiger partial charge in [0.05, 0.1) is 17.3 Å². The third kappa shape index (κ3) is 5.55. The van der Waals surface area contributed by atoms with Gasteiger partial charge in [0.2, 0.25) is 5.91 Å². The molecule has 1 amide bonds. The second-order valence-corrected chi connectivity index (χ2v) is 4.36. The number of quaternary nitrogens is 2. The summed E-state index contributed by atoms with van der Waals surface area (Å²) in [6.45, 7) is 1.01. The van der Waals surface area contributed by atoms with Gasteiger partial charge in [-0.1, -0.05) is 0 Å². The summed E-state index contributed by atoms with van der Waals surface area (Å²) < 4.78 is 0. The van der Waals surface area contributed by atoms with E-state index in [9.17, 15) is 24.8 Å². The molecule has 0 bridgehead atoms. The third-order valence-electron chi connectivity index (χ3n) is 2.73. The average molecular weight is 297 g/mol. The summed E-state index contributed by atoms with van der Waals surface area (Å²) in [7, 11) is 0. The first-order valence-corrected chi connectivity index (χ1v) is 6.31. The zero-order valence-electron chi connectivity index (χ0n) is 11.3. The number of benzene rings is 1. The fraction of sp³-hybridized carbons (Fsp3) is 0.333. The lowest BCUT2D eigenvalue weighted by Gasteiger charge is -2.15. The van der Waals surface area contributed by atoms with Gasteiger partial charge in [0.1, 0.15) is 19.1 Å². The molecule has 0 heterocycles. The molecule has 9 heteroatoms. The number of carboxylic acid groups (broad SMARTS) is 1. The molecule has 6 N–H and O–H groups in total. The van der Waals surface area contributed by atoms with Crippen molar-refractivity contribution in [3.8, 4) is 0 Å². The van der Waals surface area contributed by atoms with Crippen molar-refractivity contribution in [2.75, 3.05) is 18.4 Å². The highest BCUT2D eigenvalue weighted by Crippen LogP contribution is 2.15. The summed E-state index contributed by atoms with van der Waals surface area (Å²) in [5, 5.41) is 25.4. The van der Waals surface area contributed by atoms with Crippen molar-refractivity contribution in [2.24, 2.45) is 0 Å². The number of carbonyl (C=O) groups is 2. The van der Waals surface area contributed by atoms with E-state index in [-0.39, 0.29) is 12.1 Å². The number of carbonyl (C=O) groups excluding carboxylic acids is 2. The van der Waals surface area contributed by atoms with Gasteiger partial charge in [-0.25, -0.2) is 0 Å². The van der Waals surface area contributed by atoms with Crippen LogP contribution >= 0.6 is 0 Å². The van der Waals surface area contributed by atoms with Crippen molar-refractivity contribution in [3.63, 3.8) is 0 Å². The van der Waals surface area contributed by atoms with E-state index in [1.54, 1.807) is 0 Å². The Morgan fingerprint density at radius 1 is 1.33 bits per heavy atom. The maximum Gasteiger partial charge on any atom is 0.269 e. The molecule has 0 unspecified atom stereocenters. The van der Waals surface area contributed by atoms with Crippen molar-refractivity contribution in [3.05, 3.63) is 34.4 Å². The van der Waals surface area contributed by atoms with Crippen LogP contribution in [0.1, 0.15) is 6.42 Å². The summed E-state index contributed by atoms with van der Waals surface area (Å²) in [6, 6.07) is 4.28. The first-order chi connectivity index (χ1) is 9.93.